The Labute approximate surface area is 142 Å². The Balaban J connectivity index is 2.59. The number of rotatable bonds is 7. The smallest absolute Gasteiger partial charge is 0.407 e. The maximum Gasteiger partial charge on any atom is 0.407 e. The van der Waals surface area contributed by atoms with E-state index in [1.807, 2.05) is 0 Å². The van der Waals surface area contributed by atoms with Gasteiger partial charge in [-0.2, -0.15) is 0 Å². The van der Waals surface area contributed by atoms with Crippen molar-refractivity contribution in [1.29, 1.82) is 0 Å². The maximum absolute atomic E-state index is 12.0. The summed E-state index contributed by atoms with van der Waals surface area (Å²) in [6.07, 6.45) is -0.500. The molecule has 24 heavy (non-hydrogen) atoms. The lowest BCUT2D eigenvalue weighted by molar-refractivity contribution is -0.143. The lowest BCUT2D eigenvalue weighted by Crippen LogP contribution is -2.38. The van der Waals surface area contributed by atoms with E-state index in [2.05, 4.69) is 10.6 Å². The monoisotopic (exact) mass is 338 g/mol. The van der Waals surface area contributed by atoms with Crippen LogP contribution in [0.4, 0.5) is 4.79 Å². The average Bonchev–Trinajstić information content (AvgIpc) is 2.52. The number of nitrogens with one attached hydrogen (secondary N) is 2. The Morgan fingerprint density at radius 2 is 1.88 bits per heavy atom. The van der Waals surface area contributed by atoms with Crippen molar-refractivity contribution in [2.45, 2.75) is 32.4 Å². The molecule has 1 atom stereocenters. The largest absolute Gasteiger partial charge is 0.497 e. The molecular weight excluding hydrogens is 312 g/mol. The molecule has 0 saturated heterocycles. The summed E-state index contributed by atoms with van der Waals surface area (Å²) in [5, 5.41) is 5.68. The predicted molar refractivity (Wildman–Crippen MR) is 90.0 cm³/mol. The van der Waals surface area contributed by atoms with Crippen molar-refractivity contribution in [2.24, 2.45) is 0 Å². The van der Waals surface area contributed by atoms with Gasteiger partial charge in [0.05, 0.1) is 14.2 Å². The van der Waals surface area contributed by atoms with Gasteiger partial charge in [-0.05, 0) is 38.5 Å². The molecule has 7 heteroatoms. The average molecular weight is 338 g/mol. The minimum atomic E-state index is -0.648. The molecule has 0 bridgehead atoms. The molecule has 1 amide bonds. The van der Waals surface area contributed by atoms with Crippen molar-refractivity contribution in [3.63, 3.8) is 0 Å². The maximum atomic E-state index is 12.0. The SMILES string of the molecule is COC(=O)C(NCCNC(=O)OC(C)(C)C)c1cccc(OC)c1. The lowest BCUT2D eigenvalue weighted by atomic mass is 10.1. The number of benzene rings is 1. The molecule has 1 aromatic carbocycles. The van der Waals surface area contributed by atoms with Crippen molar-refractivity contribution >= 4 is 12.1 Å². The molecule has 2 N–H and O–H groups in total. The molecule has 0 radical (unpaired) electrons. The van der Waals surface area contributed by atoms with Crippen LogP contribution in [0.5, 0.6) is 5.75 Å². The van der Waals surface area contributed by atoms with Crippen LogP contribution in [0, 0.1) is 0 Å². The summed E-state index contributed by atoms with van der Waals surface area (Å²) >= 11 is 0. The highest BCUT2D eigenvalue weighted by atomic mass is 16.6. The van der Waals surface area contributed by atoms with Gasteiger partial charge in [-0.3, -0.25) is 5.32 Å². The highest BCUT2D eigenvalue weighted by Gasteiger charge is 2.21. The van der Waals surface area contributed by atoms with Crippen LogP contribution < -0.4 is 15.4 Å². The van der Waals surface area contributed by atoms with E-state index in [4.69, 9.17) is 14.2 Å². The summed E-state index contributed by atoms with van der Waals surface area (Å²) in [5.74, 6) is 0.232. The van der Waals surface area contributed by atoms with Gasteiger partial charge in [0.15, 0.2) is 0 Å². The zero-order valence-electron chi connectivity index (χ0n) is 14.8. The summed E-state index contributed by atoms with van der Waals surface area (Å²) in [5.41, 5.74) is 0.172. The number of methoxy groups -OCH3 is 2. The van der Waals surface area contributed by atoms with Gasteiger partial charge in [-0.15, -0.1) is 0 Å². The van der Waals surface area contributed by atoms with Gasteiger partial charge in [-0.1, -0.05) is 12.1 Å². The molecule has 0 aromatic heterocycles. The number of ether oxygens (including phenoxy) is 3. The van der Waals surface area contributed by atoms with E-state index in [9.17, 15) is 9.59 Å². The topological polar surface area (TPSA) is 85.9 Å². The van der Waals surface area contributed by atoms with E-state index in [0.717, 1.165) is 5.56 Å². The quantitative estimate of drug-likeness (QED) is 0.584. The molecule has 7 nitrogen and oxygen atoms in total. The van der Waals surface area contributed by atoms with E-state index >= 15 is 0 Å². The Bertz CT molecular complexity index is 554. The lowest BCUT2D eigenvalue weighted by Gasteiger charge is -2.20. The van der Waals surface area contributed by atoms with Gasteiger partial charge in [0.2, 0.25) is 0 Å². The van der Waals surface area contributed by atoms with Crippen LogP contribution in [0.2, 0.25) is 0 Å². The number of esters is 1. The third-order valence-electron chi connectivity index (χ3n) is 3.01. The molecule has 1 unspecified atom stereocenters. The summed E-state index contributed by atoms with van der Waals surface area (Å²) in [6.45, 7) is 6.06. The Hall–Kier alpha value is -2.28. The van der Waals surface area contributed by atoms with Crippen LogP contribution >= 0.6 is 0 Å². The number of amides is 1. The van der Waals surface area contributed by atoms with Crippen molar-refractivity contribution in [3.8, 4) is 5.75 Å². The molecule has 0 aliphatic carbocycles. The van der Waals surface area contributed by atoms with E-state index in [1.54, 1.807) is 52.1 Å². The fourth-order valence-electron chi connectivity index (χ4n) is 1.97. The van der Waals surface area contributed by atoms with Crippen LogP contribution in [-0.4, -0.2) is 45.0 Å². The molecule has 1 aromatic rings. The van der Waals surface area contributed by atoms with Gasteiger partial charge < -0.3 is 19.5 Å². The molecular formula is C17H26N2O5. The fourth-order valence-corrected chi connectivity index (χ4v) is 1.97. The van der Waals surface area contributed by atoms with E-state index in [1.165, 1.54) is 7.11 Å². The van der Waals surface area contributed by atoms with E-state index in [-0.39, 0.29) is 0 Å². The molecule has 1 rings (SSSR count). The first-order valence-electron chi connectivity index (χ1n) is 7.69. The third kappa shape index (κ3) is 6.87. The highest BCUT2D eigenvalue weighted by Crippen LogP contribution is 2.20. The van der Waals surface area contributed by atoms with Crippen molar-refractivity contribution < 1.29 is 23.8 Å². The molecule has 0 spiro atoms. The van der Waals surface area contributed by atoms with Gasteiger partial charge >= 0.3 is 12.1 Å². The van der Waals surface area contributed by atoms with Crippen LogP contribution in [0.25, 0.3) is 0 Å². The van der Waals surface area contributed by atoms with Gasteiger partial charge in [-0.25, -0.2) is 9.59 Å². The van der Waals surface area contributed by atoms with Crippen molar-refractivity contribution in [2.75, 3.05) is 27.3 Å². The van der Waals surface area contributed by atoms with Crippen molar-refractivity contribution in [3.05, 3.63) is 29.8 Å². The van der Waals surface area contributed by atoms with Crippen LogP contribution in [0.15, 0.2) is 24.3 Å². The zero-order valence-corrected chi connectivity index (χ0v) is 14.8. The molecule has 0 aliphatic heterocycles. The van der Waals surface area contributed by atoms with E-state index < -0.39 is 23.7 Å². The Kier molecular flexibility index (Phi) is 7.51. The molecule has 0 heterocycles. The van der Waals surface area contributed by atoms with Gasteiger partial charge in [0.1, 0.15) is 17.4 Å². The standard InChI is InChI=1S/C17H26N2O5/c1-17(2,3)24-16(21)19-10-9-18-14(15(20)23-5)12-7-6-8-13(11-12)22-4/h6-8,11,14,18H,9-10H2,1-5H3,(H,19,21). The Morgan fingerprint density at radius 1 is 1.17 bits per heavy atom. The van der Waals surface area contributed by atoms with E-state index in [0.29, 0.717) is 18.8 Å². The minimum Gasteiger partial charge on any atom is -0.497 e. The number of alkyl carbamates (subject to hydrolysis) is 1. The number of hydrogen-bond donors (Lipinski definition) is 2. The normalized spacial score (nSPS) is 12.2. The van der Waals surface area contributed by atoms with Crippen LogP contribution in [0.1, 0.15) is 32.4 Å². The zero-order chi connectivity index (χ0) is 18.2. The predicted octanol–water partition coefficient (Wildman–Crippen LogP) is 2.02. The highest BCUT2D eigenvalue weighted by molar-refractivity contribution is 5.77. The molecule has 134 valence electrons. The first kappa shape index (κ1) is 19.8. The summed E-state index contributed by atoms with van der Waals surface area (Å²) in [7, 11) is 2.89. The third-order valence-corrected chi connectivity index (χ3v) is 3.01. The first-order valence-corrected chi connectivity index (χ1v) is 7.69. The van der Waals surface area contributed by atoms with Crippen molar-refractivity contribution in [1.82, 2.24) is 10.6 Å². The molecule has 0 saturated carbocycles. The second kappa shape index (κ2) is 9.12. The molecule has 0 aliphatic rings. The molecule has 0 fully saturated rings. The van der Waals surface area contributed by atoms with Crippen LogP contribution in [0.3, 0.4) is 0 Å². The number of carbonyl (C=O) groups is 2. The minimum absolute atomic E-state index is 0.312. The van der Waals surface area contributed by atoms with Crippen LogP contribution in [-0.2, 0) is 14.3 Å². The first-order chi connectivity index (χ1) is 11.3. The second-order valence-corrected chi connectivity index (χ2v) is 6.12. The van der Waals surface area contributed by atoms with Gasteiger partial charge in [0.25, 0.3) is 0 Å². The Morgan fingerprint density at radius 3 is 2.46 bits per heavy atom. The summed E-state index contributed by atoms with van der Waals surface area (Å²) < 4.78 is 15.1. The number of carbonyl (C=O) groups excluding carboxylic acids is 2. The summed E-state index contributed by atoms with van der Waals surface area (Å²) in [6, 6.07) is 6.51. The van der Waals surface area contributed by atoms with Gasteiger partial charge in [0, 0.05) is 13.1 Å². The fraction of sp³-hybridized carbons (Fsp3) is 0.529. The second-order valence-electron chi connectivity index (χ2n) is 6.12. The summed E-state index contributed by atoms with van der Waals surface area (Å²) in [4.78, 5) is 23.6. The number of hydrogen-bond acceptors (Lipinski definition) is 6.